The second-order valence-electron chi connectivity index (χ2n) is 4.28. The van der Waals surface area contributed by atoms with Crippen LogP contribution in [-0.4, -0.2) is 25.3 Å². The average Bonchev–Trinajstić information content (AvgIpc) is 2.71. The zero-order chi connectivity index (χ0) is 10.7. The minimum atomic E-state index is -0.0603. The summed E-state index contributed by atoms with van der Waals surface area (Å²) in [5.41, 5.74) is 8.13. The Bertz CT molecular complexity index is 315. The Morgan fingerprint density at radius 1 is 1.40 bits per heavy atom. The number of ether oxygens (including phenoxy) is 1. The van der Waals surface area contributed by atoms with Gasteiger partial charge in [-0.2, -0.15) is 0 Å². The first kappa shape index (κ1) is 10.5. The molecule has 1 unspecified atom stereocenters. The fourth-order valence-corrected chi connectivity index (χ4v) is 1.86. The molecular weight excluding hydrogens is 188 g/mol. The molecule has 0 aliphatic carbocycles. The van der Waals surface area contributed by atoms with E-state index in [-0.39, 0.29) is 5.54 Å². The Balaban J connectivity index is 2.09. The van der Waals surface area contributed by atoms with Crippen molar-refractivity contribution in [1.29, 1.82) is 0 Å². The Kier molecular flexibility index (Phi) is 2.93. The van der Waals surface area contributed by atoms with E-state index in [1.165, 1.54) is 5.56 Å². The van der Waals surface area contributed by atoms with Gasteiger partial charge in [0.15, 0.2) is 0 Å². The number of anilines is 1. The Morgan fingerprint density at radius 3 is 2.67 bits per heavy atom. The lowest BCUT2D eigenvalue weighted by Crippen LogP contribution is -2.46. The number of nitrogens with one attached hydrogen (secondary N) is 1. The third kappa shape index (κ3) is 2.30. The maximum atomic E-state index is 5.80. The molecule has 1 saturated heterocycles. The van der Waals surface area contributed by atoms with Gasteiger partial charge < -0.3 is 15.8 Å². The van der Waals surface area contributed by atoms with Crippen molar-refractivity contribution >= 4 is 5.69 Å². The van der Waals surface area contributed by atoms with Gasteiger partial charge in [0.05, 0.1) is 12.1 Å². The molecule has 1 aliphatic rings. The van der Waals surface area contributed by atoms with Gasteiger partial charge in [0.2, 0.25) is 0 Å². The molecule has 3 heteroatoms. The van der Waals surface area contributed by atoms with Crippen LogP contribution in [0.2, 0.25) is 0 Å². The van der Waals surface area contributed by atoms with E-state index in [4.69, 9.17) is 10.5 Å². The highest BCUT2D eigenvalue weighted by Gasteiger charge is 2.33. The SMILES string of the molecule is Cc1ccc(NC2(CN)CCOC2)cc1. The highest BCUT2D eigenvalue weighted by Crippen LogP contribution is 2.23. The lowest BCUT2D eigenvalue weighted by atomic mass is 9.98. The van der Waals surface area contributed by atoms with Crippen LogP contribution in [0.1, 0.15) is 12.0 Å². The molecule has 1 fully saturated rings. The van der Waals surface area contributed by atoms with E-state index in [0.29, 0.717) is 13.2 Å². The van der Waals surface area contributed by atoms with E-state index < -0.39 is 0 Å². The lowest BCUT2D eigenvalue weighted by molar-refractivity contribution is 0.183. The number of nitrogens with two attached hydrogens (primary N) is 1. The van der Waals surface area contributed by atoms with Crippen LogP contribution >= 0.6 is 0 Å². The molecule has 1 aliphatic heterocycles. The standard InChI is InChI=1S/C12H18N2O/c1-10-2-4-11(5-3-10)14-12(8-13)6-7-15-9-12/h2-5,14H,6-9,13H2,1H3. The molecule has 0 bridgehead atoms. The summed E-state index contributed by atoms with van der Waals surface area (Å²) in [6, 6.07) is 8.38. The number of benzene rings is 1. The summed E-state index contributed by atoms with van der Waals surface area (Å²) in [5, 5.41) is 3.48. The molecule has 2 rings (SSSR count). The zero-order valence-corrected chi connectivity index (χ0v) is 9.12. The number of rotatable bonds is 3. The molecule has 82 valence electrons. The Hall–Kier alpha value is -1.06. The van der Waals surface area contributed by atoms with Gasteiger partial charge in [-0.1, -0.05) is 17.7 Å². The molecule has 3 N–H and O–H groups in total. The van der Waals surface area contributed by atoms with Crippen LogP contribution in [0.4, 0.5) is 5.69 Å². The molecule has 0 saturated carbocycles. The summed E-state index contributed by atoms with van der Waals surface area (Å²) in [7, 11) is 0. The first-order valence-corrected chi connectivity index (χ1v) is 5.37. The predicted octanol–water partition coefficient (Wildman–Crippen LogP) is 1.52. The predicted molar refractivity (Wildman–Crippen MR) is 62.0 cm³/mol. The van der Waals surface area contributed by atoms with E-state index in [9.17, 15) is 0 Å². The van der Waals surface area contributed by atoms with E-state index in [0.717, 1.165) is 18.7 Å². The molecule has 0 aromatic heterocycles. The molecule has 0 spiro atoms. The molecule has 3 nitrogen and oxygen atoms in total. The van der Waals surface area contributed by atoms with Gasteiger partial charge in [-0.25, -0.2) is 0 Å². The minimum absolute atomic E-state index is 0.0603. The average molecular weight is 206 g/mol. The van der Waals surface area contributed by atoms with Crippen molar-refractivity contribution in [2.45, 2.75) is 18.9 Å². The monoisotopic (exact) mass is 206 g/mol. The van der Waals surface area contributed by atoms with Crippen LogP contribution in [0.5, 0.6) is 0 Å². The molecule has 0 radical (unpaired) electrons. The summed E-state index contributed by atoms with van der Waals surface area (Å²) in [6.45, 7) is 4.20. The van der Waals surface area contributed by atoms with Crippen LogP contribution in [0.3, 0.4) is 0 Å². The molecule has 0 amide bonds. The normalized spacial score (nSPS) is 25.5. The van der Waals surface area contributed by atoms with Gasteiger partial charge in [0.25, 0.3) is 0 Å². The molecule has 1 heterocycles. The molecular formula is C12H18N2O. The van der Waals surface area contributed by atoms with E-state index in [1.54, 1.807) is 0 Å². The number of hydrogen-bond acceptors (Lipinski definition) is 3. The van der Waals surface area contributed by atoms with E-state index >= 15 is 0 Å². The fraction of sp³-hybridized carbons (Fsp3) is 0.500. The summed E-state index contributed by atoms with van der Waals surface area (Å²) in [5.74, 6) is 0. The largest absolute Gasteiger partial charge is 0.379 e. The van der Waals surface area contributed by atoms with Gasteiger partial charge in [0.1, 0.15) is 0 Å². The van der Waals surface area contributed by atoms with Crippen molar-refractivity contribution in [2.24, 2.45) is 5.73 Å². The van der Waals surface area contributed by atoms with E-state index in [2.05, 4.69) is 36.5 Å². The van der Waals surface area contributed by atoms with Crippen LogP contribution in [0, 0.1) is 6.92 Å². The van der Waals surface area contributed by atoms with Gasteiger partial charge in [-0.3, -0.25) is 0 Å². The first-order chi connectivity index (χ1) is 7.24. The van der Waals surface area contributed by atoms with Crippen molar-refractivity contribution in [3.8, 4) is 0 Å². The van der Waals surface area contributed by atoms with Crippen LogP contribution in [0.15, 0.2) is 24.3 Å². The summed E-state index contributed by atoms with van der Waals surface area (Å²) in [6.07, 6.45) is 0.984. The van der Waals surface area contributed by atoms with Gasteiger partial charge in [0, 0.05) is 18.8 Å². The molecule has 15 heavy (non-hydrogen) atoms. The quantitative estimate of drug-likeness (QED) is 0.788. The Labute approximate surface area is 90.6 Å². The van der Waals surface area contributed by atoms with Crippen molar-refractivity contribution < 1.29 is 4.74 Å². The van der Waals surface area contributed by atoms with Crippen molar-refractivity contribution in [1.82, 2.24) is 0 Å². The van der Waals surface area contributed by atoms with Gasteiger partial charge >= 0.3 is 0 Å². The van der Waals surface area contributed by atoms with Crippen molar-refractivity contribution in [3.63, 3.8) is 0 Å². The summed E-state index contributed by atoms with van der Waals surface area (Å²) < 4.78 is 5.40. The van der Waals surface area contributed by atoms with Crippen molar-refractivity contribution in [3.05, 3.63) is 29.8 Å². The highest BCUT2D eigenvalue weighted by atomic mass is 16.5. The van der Waals surface area contributed by atoms with Crippen LogP contribution in [-0.2, 0) is 4.74 Å². The molecule has 1 aromatic rings. The summed E-state index contributed by atoms with van der Waals surface area (Å²) in [4.78, 5) is 0. The third-order valence-electron chi connectivity index (χ3n) is 2.96. The first-order valence-electron chi connectivity index (χ1n) is 5.37. The van der Waals surface area contributed by atoms with Crippen LogP contribution < -0.4 is 11.1 Å². The highest BCUT2D eigenvalue weighted by molar-refractivity contribution is 5.47. The maximum absolute atomic E-state index is 5.80. The van der Waals surface area contributed by atoms with Gasteiger partial charge in [-0.05, 0) is 25.5 Å². The number of hydrogen-bond donors (Lipinski definition) is 2. The van der Waals surface area contributed by atoms with E-state index in [1.807, 2.05) is 0 Å². The number of aryl methyl sites for hydroxylation is 1. The topological polar surface area (TPSA) is 47.3 Å². The van der Waals surface area contributed by atoms with Crippen LogP contribution in [0.25, 0.3) is 0 Å². The third-order valence-corrected chi connectivity index (χ3v) is 2.96. The van der Waals surface area contributed by atoms with Gasteiger partial charge in [-0.15, -0.1) is 0 Å². The minimum Gasteiger partial charge on any atom is -0.379 e. The fourth-order valence-electron chi connectivity index (χ4n) is 1.86. The second-order valence-corrected chi connectivity index (χ2v) is 4.28. The molecule has 1 aromatic carbocycles. The van der Waals surface area contributed by atoms with Crippen molar-refractivity contribution in [2.75, 3.05) is 25.1 Å². The maximum Gasteiger partial charge on any atom is 0.0750 e. The lowest BCUT2D eigenvalue weighted by Gasteiger charge is -2.28. The Morgan fingerprint density at radius 2 is 2.13 bits per heavy atom. The summed E-state index contributed by atoms with van der Waals surface area (Å²) >= 11 is 0. The smallest absolute Gasteiger partial charge is 0.0750 e. The zero-order valence-electron chi connectivity index (χ0n) is 9.12. The second kappa shape index (κ2) is 4.21. The molecule has 1 atom stereocenters.